The van der Waals surface area contributed by atoms with Crippen molar-refractivity contribution in [1.29, 1.82) is 0 Å². The Morgan fingerprint density at radius 1 is 1.28 bits per heavy atom. The van der Waals surface area contributed by atoms with Crippen molar-refractivity contribution < 1.29 is 18.7 Å². The number of ether oxygens (including phenoxy) is 1. The standard InChI is InChI=1S/C16H15N5O4/c1-2-24-16(23)13-14(17)21(20-19-13)11-7-5-10(6-8-11)18-15(22)12-4-3-9-25-12/h3-9H,2,17H2,1H3,(H,18,22). The Labute approximate surface area is 142 Å². The second-order valence-electron chi connectivity index (χ2n) is 4.93. The second-order valence-corrected chi connectivity index (χ2v) is 4.93. The van der Waals surface area contributed by atoms with Gasteiger partial charge in [-0.15, -0.1) is 5.10 Å². The lowest BCUT2D eigenvalue weighted by atomic mass is 10.2. The molecule has 128 valence electrons. The van der Waals surface area contributed by atoms with Crippen LogP contribution in [0.4, 0.5) is 11.5 Å². The van der Waals surface area contributed by atoms with Crippen LogP contribution in [0.1, 0.15) is 28.0 Å². The van der Waals surface area contributed by atoms with E-state index in [1.807, 2.05) is 0 Å². The number of hydrogen-bond acceptors (Lipinski definition) is 7. The number of esters is 1. The van der Waals surface area contributed by atoms with Gasteiger partial charge in [-0.1, -0.05) is 5.21 Å². The molecule has 0 fully saturated rings. The number of furan rings is 1. The smallest absolute Gasteiger partial charge is 0.362 e. The second kappa shape index (κ2) is 6.87. The van der Waals surface area contributed by atoms with E-state index in [0.717, 1.165) is 0 Å². The minimum Gasteiger partial charge on any atom is -0.461 e. The molecule has 0 unspecified atom stereocenters. The fraction of sp³-hybridized carbons (Fsp3) is 0.125. The number of hydrogen-bond donors (Lipinski definition) is 2. The van der Waals surface area contributed by atoms with Gasteiger partial charge < -0.3 is 20.2 Å². The zero-order chi connectivity index (χ0) is 17.8. The van der Waals surface area contributed by atoms with Crippen LogP contribution in [-0.2, 0) is 4.74 Å². The third-order valence-electron chi connectivity index (χ3n) is 3.29. The molecule has 3 rings (SSSR count). The zero-order valence-corrected chi connectivity index (χ0v) is 13.3. The van der Waals surface area contributed by atoms with E-state index in [9.17, 15) is 9.59 Å². The van der Waals surface area contributed by atoms with Crippen molar-refractivity contribution in [2.24, 2.45) is 0 Å². The fourth-order valence-electron chi connectivity index (χ4n) is 2.11. The Morgan fingerprint density at radius 2 is 2.04 bits per heavy atom. The first-order valence-corrected chi connectivity index (χ1v) is 7.43. The largest absolute Gasteiger partial charge is 0.461 e. The molecule has 3 aromatic rings. The molecule has 0 aliphatic carbocycles. The summed E-state index contributed by atoms with van der Waals surface area (Å²) in [6, 6.07) is 9.89. The number of nitrogens with zero attached hydrogens (tertiary/aromatic N) is 3. The number of anilines is 2. The Hall–Kier alpha value is -3.62. The molecule has 2 heterocycles. The van der Waals surface area contributed by atoms with E-state index in [4.69, 9.17) is 14.9 Å². The Morgan fingerprint density at radius 3 is 2.68 bits per heavy atom. The molecular weight excluding hydrogens is 326 g/mol. The Kier molecular flexibility index (Phi) is 4.46. The van der Waals surface area contributed by atoms with Crippen LogP contribution in [0.5, 0.6) is 0 Å². The number of benzene rings is 1. The Balaban J connectivity index is 1.77. The molecular formula is C16H15N5O4. The van der Waals surface area contributed by atoms with E-state index in [-0.39, 0.29) is 29.8 Å². The van der Waals surface area contributed by atoms with Crippen molar-refractivity contribution in [2.75, 3.05) is 17.7 Å². The molecule has 0 saturated heterocycles. The first kappa shape index (κ1) is 16.2. The van der Waals surface area contributed by atoms with Gasteiger partial charge in [0.15, 0.2) is 11.6 Å². The summed E-state index contributed by atoms with van der Waals surface area (Å²) in [6.07, 6.45) is 1.42. The molecule has 0 spiro atoms. The third kappa shape index (κ3) is 3.34. The number of nitrogen functional groups attached to an aromatic ring is 1. The van der Waals surface area contributed by atoms with Crippen molar-refractivity contribution in [3.05, 3.63) is 54.1 Å². The lowest BCUT2D eigenvalue weighted by Crippen LogP contribution is -2.11. The summed E-state index contributed by atoms with van der Waals surface area (Å²) < 4.78 is 11.2. The minimum absolute atomic E-state index is 0.0444. The fourth-order valence-corrected chi connectivity index (χ4v) is 2.11. The molecule has 0 bridgehead atoms. The highest BCUT2D eigenvalue weighted by Gasteiger charge is 2.19. The minimum atomic E-state index is -0.631. The van der Waals surface area contributed by atoms with E-state index in [0.29, 0.717) is 11.4 Å². The molecule has 1 amide bonds. The van der Waals surface area contributed by atoms with E-state index in [1.165, 1.54) is 10.9 Å². The van der Waals surface area contributed by atoms with Gasteiger partial charge in [0, 0.05) is 5.69 Å². The van der Waals surface area contributed by atoms with Gasteiger partial charge in [0.2, 0.25) is 5.69 Å². The van der Waals surface area contributed by atoms with Crippen LogP contribution in [0.2, 0.25) is 0 Å². The lowest BCUT2D eigenvalue weighted by molar-refractivity contribution is 0.0520. The number of nitrogens with one attached hydrogen (secondary N) is 1. The van der Waals surface area contributed by atoms with Crippen LogP contribution in [0, 0.1) is 0 Å². The summed E-state index contributed by atoms with van der Waals surface area (Å²) in [7, 11) is 0. The summed E-state index contributed by atoms with van der Waals surface area (Å²) in [6.45, 7) is 1.91. The summed E-state index contributed by atoms with van der Waals surface area (Å²) in [5.41, 5.74) is 7.00. The topological polar surface area (TPSA) is 125 Å². The highest BCUT2D eigenvalue weighted by atomic mass is 16.5. The number of amides is 1. The lowest BCUT2D eigenvalue weighted by Gasteiger charge is -2.06. The van der Waals surface area contributed by atoms with Gasteiger partial charge in [-0.05, 0) is 43.3 Å². The van der Waals surface area contributed by atoms with Gasteiger partial charge in [0.25, 0.3) is 5.91 Å². The van der Waals surface area contributed by atoms with Crippen LogP contribution in [-0.4, -0.2) is 33.5 Å². The molecule has 3 N–H and O–H groups in total. The zero-order valence-electron chi connectivity index (χ0n) is 13.3. The number of carbonyl (C=O) groups is 2. The quantitative estimate of drug-likeness (QED) is 0.678. The monoisotopic (exact) mass is 341 g/mol. The molecule has 9 nitrogen and oxygen atoms in total. The van der Waals surface area contributed by atoms with Crippen molar-refractivity contribution in [2.45, 2.75) is 6.92 Å². The van der Waals surface area contributed by atoms with Gasteiger partial charge in [-0.3, -0.25) is 4.79 Å². The van der Waals surface area contributed by atoms with Crippen LogP contribution in [0.3, 0.4) is 0 Å². The predicted molar refractivity (Wildman–Crippen MR) is 88.4 cm³/mol. The highest BCUT2D eigenvalue weighted by molar-refractivity contribution is 6.02. The summed E-state index contributed by atoms with van der Waals surface area (Å²) in [5.74, 6) is -0.703. The average Bonchev–Trinajstić information content (AvgIpc) is 3.26. The normalized spacial score (nSPS) is 10.4. The van der Waals surface area contributed by atoms with Crippen molar-refractivity contribution in [3.8, 4) is 5.69 Å². The Bertz CT molecular complexity index is 884. The first-order valence-electron chi connectivity index (χ1n) is 7.43. The number of nitrogens with two attached hydrogens (primary N) is 1. The van der Waals surface area contributed by atoms with Crippen LogP contribution in [0.15, 0.2) is 47.1 Å². The maximum absolute atomic E-state index is 11.9. The van der Waals surface area contributed by atoms with Gasteiger partial charge >= 0.3 is 5.97 Å². The maximum Gasteiger partial charge on any atom is 0.362 e. The van der Waals surface area contributed by atoms with Gasteiger partial charge in [0.1, 0.15) is 0 Å². The number of carbonyl (C=O) groups excluding carboxylic acids is 2. The average molecular weight is 341 g/mol. The predicted octanol–water partition coefficient (Wildman–Crippen LogP) is 1.87. The van der Waals surface area contributed by atoms with Gasteiger partial charge in [0.05, 0.1) is 18.6 Å². The van der Waals surface area contributed by atoms with Crippen molar-refractivity contribution in [3.63, 3.8) is 0 Å². The van der Waals surface area contributed by atoms with E-state index in [1.54, 1.807) is 43.3 Å². The van der Waals surface area contributed by atoms with Crippen LogP contribution in [0.25, 0.3) is 5.69 Å². The summed E-state index contributed by atoms with van der Waals surface area (Å²) in [4.78, 5) is 23.6. The van der Waals surface area contributed by atoms with E-state index < -0.39 is 5.97 Å². The molecule has 2 aromatic heterocycles. The third-order valence-corrected chi connectivity index (χ3v) is 3.29. The molecule has 0 aliphatic heterocycles. The molecule has 1 aromatic carbocycles. The molecule has 25 heavy (non-hydrogen) atoms. The molecule has 0 saturated carbocycles. The maximum atomic E-state index is 11.9. The molecule has 0 aliphatic rings. The molecule has 0 atom stereocenters. The molecule has 0 radical (unpaired) electrons. The van der Waals surface area contributed by atoms with Gasteiger partial charge in [-0.25, -0.2) is 4.79 Å². The molecule has 9 heteroatoms. The first-order chi connectivity index (χ1) is 12.1. The van der Waals surface area contributed by atoms with Crippen LogP contribution >= 0.6 is 0 Å². The highest BCUT2D eigenvalue weighted by Crippen LogP contribution is 2.18. The van der Waals surface area contributed by atoms with E-state index in [2.05, 4.69) is 15.6 Å². The number of rotatable bonds is 5. The van der Waals surface area contributed by atoms with Gasteiger partial charge in [-0.2, -0.15) is 4.68 Å². The van der Waals surface area contributed by atoms with Crippen molar-refractivity contribution in [1.82, 2.24) is 15.0 Å². The van der Waals surface area contributed by atoms with Crippen molar-refractivity contribution >= 4 is 23.4 Å². The number of aromatic nitrogens is 3. The summed E-state index contributed by atoms with van der Waals surface area (Å²) >= 11 is 0. The van der Waals surface area contributed by atoms with E-state index >= 15 is 0 Å². The van der Waals surface area contributed by atoms with Crippen LogP contribution < -0.4 is 11.1 Å². The summed E-state index contributed by atoms with van der Waals surface area (Å²) in [5, 5.41) is 10.3. The SMILES string of the molecule is CCOC(=O)c1nnn(-c2ccc(NC(=O)c3ccco3)cc2)c1N.